The highest BCUT2D eigenvalue weighted by Gasteiger charge is 2.33. The van der Waals surface area contributed by atoms with Crippen LogP contribution in [0.4, 0.5) is 0 Å². The second-order valence-electron chi connectivity index (χ2n) is 6.51. The number of aliphatic carboxylic acids is 1. The lowest BCUT2D eigenvalue weighted by Gasteiger charge is -2.36. The highest BCUT2D eigenvalue weighted by molar-refractivity contribution is 5.79. The fraction of sp³-hybridized carbons (Fsp3) is 0.867. The van der Waals surface area contributed by atoms with Crippen molar-refractivity contribution in [1.82, 2.24) is 9.80 Å². The Balaban J connectivity index is 1.89. The van der Waals surface area contributed by atoms with Gasteiger partial charge >= 0.3 is 5.97 Å². The summed E-state index contributed by atoms with van der Waals surface area (Å²) in [6.07, 6.45) is 3.21. The zero-order valence-corrected chi connectivity index (χ0v) is 12.5. The summed E-state index contributed by atoms with van der Waals surface area (Å²) in [5, 5.41) is 8.91. The van der Waals surface area contributed by atoms with Gasteiger partial charge in [-0.05, 0) is 44.7 Å². The largest absolute Gasteiger partial charge is 0.481 e. The average Bonchev–Trinajstić information content (AvgIpc) is 2.84. The van der Waals surface area contributed by atoms with Crippen LogP contribution >= 0.6 is 0 Å². The van der Waals surface area contributed by atoms with Gasteiger partial charge in [0.15, 0.2) is 0 Å². The number of carbonyl (C=O) groups is 2. The molecule has 2 saturated heterocycles. The number of rotatable bonds is 4. The SMILES string of the molecule is CC(CC(=O)O)C1CCCN(C(=O)C2CCN(C)C2)C1. The summed E-state index contributed by atoms with van der Waals surface area (Å²) in [6, 6.07) is 0. The molecule has 5 heteroatoms. The van der Waals surface area contributed by atoms with E-state index in [9.17, 15) is 9.59 Å². The number of hydrogen-bond donors (Lipinski definition) is 1. The van der Waals surface area contributed by atoms with Crippen molar-refractivity contribution in [2.24, 2.45) is 17.8 Å². The highest BCUT2D eigenvalue weighted by Crippen LogP contribution is 2.28. The van der Waals surface area contributed by atoms with Crippen molar-refractivity contribution < 1.29 is 14.7 Å². The van der Waals surface area contributed by atoms with Gasteiger partial charge in [0.1, 0.15) is 0 Å². The van der Waals surface area contributed by atoms with Gasteiger partial charge in [0.2, 0.25) is 5.91 Å². The standard InChI is InChI=1S/C15H26N2O3/c1-11(8-14(18)19)12-4-3-6-17(10-12)15(20)13-5-7-16(2)9-13/h11-13H,3-10H2,1-2H3,(H,18,19). The van der Waals surface area contributed by atoms with Crippen LogP contribution < -0.4 is 0 Å². The van der Waals surface area contributed by atoms with Crippen LogP contribution in [0.15, 0.2) is 0 Å². The molecule has 1 amide bonds. The van der Waals surface area contributed by atoms with Crippen molar-refractivity contribution >= 4 is 11.9 Å². The Labute approximate surface area is 120 Å². The van der Waals surface area contributed by atoms with E-state index in [0.29, 0.717) is 5.92 Å². The molecule has 2 heterocycles. The fourth-order valence-corrected chi connectivity index (χ4v) is 3.51. The lowest BCUT2D eigenvalue weighted by atomic mass is 9.84. The van der Waals surface area contributed by atoms with Gasteiger partial charge in [-0.3, -0.25) is 9.59 Å². The maximum absolute atomic E-state index is 12.5. The first-order chi connectivity index (χ1) is 9.47. The summed E-state index contributed by atoms with van der Waals surface area (Å²) in [6.45, 7) is 5.45. The molecular formula is C15H26N2O3. The number of carboxylic acid groups (broad SMARTS) is 1. The van der Waals surface area contributed by atoms with Crippen LogP contribution in [0.2, 0.25) is 0 Å². The molecule has 0 saturated carbocycles. The maximum Gasteiger partial charge on any atom is 0.303 e. The van der Waals surface area contributed by atoms with E-state index in [2.05, 4.69) is 11.9 Å². The molecule has 5 nitrogen and oxygen atoms in total. The maximum atomic E-state index is 12.5. The second-order valence-corrected chi connectivity index (χ2v) is 6.51. The predicted octanol–water partition coefficient (Wildman–Crippen LogP) is 1.29. The number of hydrogen-bond acceptors (Lipinski definition) is 3. The minimum absolute atomic E-state index is 0.147. The zero-order chi connectivity index (χ0) is 14.7. The Morgan fingerprint density at radius 2 is 2.00 bits per heavy atom. The molecule has 3 atom stereocenters. The van der Waals surface area contributed by atoms with Gasteiger partial charge in [-0.15, -0.1) is 0 Å². The number of amides is 1. The monoisotopic (exact) mass is 282 g/mol. The van der Waals surface area contributed by atoms with E-state index >= 15 is 0 Å². The first kappa shape index (κ1) is 15.3. The zero-order valence-electron chi connectivity index (χ0n) is 12.5. The molecule has 0 aromatic heterocycles. The molecule has 0 bridgehead atoms. The van der Waals surface area contributed by atoms with Crippen molar-refractivity contribution in [3.63, 3.8) is 0 Å². The van der Waals surface area contributed by atoms with Crippen LogP contribution in [0, 0.1) is 17.8 Å². The van der Waals surface area contributed by atoms with E-state index in [4.69, 9.17) is 5.11 Å². The lowest BCUT2D eigenvalue weighted by Crippen LogP contribution is -2.45. The van der Waals surface area contributed by atoms with E-state index in [1.165, 1.54) is 0 Å². The summed E-state index contributed by atoms with van der Waals surface area (Å²) in [7, 11) is 2.06. The van der Waals surface area contributed by atoms with E-state index in [-0.39, 0.29) is 24.2 Å². The van der Waals surface area contributed by atoms with Crippen molar-refractivity contribution in [3.05, 3.63) is 0 Å². The number of carbonyl (C=O) groups excluding carboxylic acids is 1. The van der Waals surface area contributed by atoms with E-state index in [1.54, 1.807) is 0 Å². The number of piperidine rings is 1. The minimum atomic E-state index is -0.738. The van der Waals surface area contributed by atoms with Crippen molar-refractivity contribution in [2.75, 3.05) is 33.2 Å². The van der Waals surface area contributed by atoms with Crippen LogP contribution in [0.1, 0.15) is 32.6 Å². The van der Waals surface area contributed by atoms with E-state index in [1.807, 2.05) is 11.8 Å². The van der Waals surface area contributed by atoms with Crippen LogP contribution in [-0.2, 0) is 9.59 Å². The second kappa shape index (κ2) is 6.57. The molecule has 0 radical (unpaired) electrons. The smallest absolute Gasteiger partial charge is 0.303 e. The third kappa shape index (κ3) is 3.72. The Kier molecular flexibility index (Phi) is 5.02. The van der Waals surface area contributed by atoms with Crippen LogP contribution in [0.25, 0.3) is 0 Å². The summed E-state index contributed by atoms with van der Waals surface area (Å²) >= 11 is 0. The topological polar surface area (TPSA) is 60.9 Å². The molecule has 3 unspecified atom stereocenters. The predicted molar refractivity (Wildman–Crippen MR) is 76.3 cm³/mol. The van der Waals surface area contributed by atoms with Crippen LogP contribution in [-0.4, -0.2) is 60.0 Å². The number of nitrogens with zero attached hydrogens (tertiary/aromatic N) is 2. The Morgan fingerprint density at radius 3 is 2.60 bits per heavy atom. The summed E-state index contributed by atoms with van der Waals surface area (Å²) in [4.78, 5) is 27.5. The average molecular weight is 282 g/mol. The highest BCUT2D eigenvalue weighted by atomic mass is 16.4. The molecule has 0 aromatic rings. The van der Waals surface area contributed by atoms with Crippen molar-refractivity contribution in [3.8, 4) is 0 Å². The van der Waals surface area contributed by atoms with Gasteiger partial charge in [0.25, 0.3) is 0 Å². The summed E-state index contributed by atoms with van der Waals surface area (Å²) in [5.74, 6) is 0.172. The number of likely N-dealkylation sites (tertiary alicyclic amines) is 2. The fourth-order valence-electron chi connectivity index (χ4n) is 3.51. The Hall–Kier alpha value is -1.10. The molecule has 2 aliphatic rings. The summed E-state index contributed by atoms with van der Waals surface area (Å²) in [5.41, 5.74) is 0. The molecule has 2 fully saturated rings. The molecule has 114 valence electrons. The van der Waals surface area contributed by atoms with Gasteiger partial charge in [-0.1, -0.05) is 6.92 Å². The van der Waals surface area contributed by atoms with Gasteiger partial charge in [0.05, 0.1) is 5.92 Å². The lowest BCUT2D eigenvalue weighted by molar-refractivity contribution is -0.139. The Morgan fingerprint density at radius 1 is 1.25 bits per heavy atom. The van der Waals surface area contributed by atoms with Gasteiger partial charge in [0, 0.05) is 26.1 Å². The molecule has 0 aromatic carbocycles. The minimum Gasteiger partial charge on any atom is -0.481 e. The van der Waals surface area contributed by atoms with Crippen LogP contribution in [0.5, 0.6) is 0 Å². The van der Waals surface area contributed by atoms with E-state index in [0.717, 1.165) is 45.4 Å². The van der Waals surface area contributed by atoms with Crippen molar-refractivity contribution in [2.45, 2.75) is 32.6 Å². The molecule has 2 rings (SSSR count). The third-order valence-corrected chi connectivity index (χ3v) is 4.81. The van der Waals surface area contributed by atoms with Gasteiger partial charge in [-0.25, -0.2) is 0 Å². The first-order valence-electron chi connectivity index (χ1n) is 7.66. The molecular weight excluding hydrogens is 256 g/mol. The van der Waals surface area contributed by atoms with Gasteiger partial charge in [-0.2, -0.15) is 0 Å². The number of carboxylic acids is 1. The quantitative estimate of drug-likeness (QED) is 0.844. The molecule has 1 N–H and O–H groups in total. The van der Waals surface area contributed by atoms with E-state index < -0.39 is 5.97 Å². The molecule has 0 spiro atoms. The van der Waals surface area contributed by atoms with Crippen molar-refractivity contribution in [1.29, 1.82) is 0 Å². The van der Waals surface area contributed by atoms with Crippen LogP contribution in [0.3, 0.4) is 0 Å². The molecule has 20 heavy (non-hydrogen) atoms. The molecule has 2 aliphatic heterocycles. The Bertz CT molecular complexity index is 372. The van der Waals surface area contributed by atoms with Gasteiger partial charge < -0.3 is 14.9 Å². The first-order valence-corrected chi connectivity index (χ1v) is 7.66. The third-order valence-electron chi connectivity index (χ3n) is 4.81. The normalized spacial score (nSPS) is 29.4. The molecule has 0 aliphatic carbocycles. The summed E-state index contributed by atoms with van der Waals surface area (Å²) < 4.78 is 0.